The van der Waals surface area contributed by atoms with E-state index in [0.717, 1.165) is 17.1 Å². The monoisotopic (exact) mass is 237 g/mol. The zero-order valence-electron chi connectivity index (χ0n) is 10.6. The molecule has 1 aromatic carbocycles. The molecule has 0 heterocycles. The molecule has 1 aromatic rings. The van der Waals surface area contributed by atoms with E-state index in [1.165, 1.54) is 0 Å². The van der Waals surface area contributed by atoms with E-state index in [9.17, 15) is 4.79 Å². The lowest BCUT2D eigenvalue weighted by molar-refractivity contribution is -0.120. The number of hydrogen-bond acceptors (Lipinski definition) is 3. The van der Waals surface area contributed by atoms with Crippen LogP contribution >= 0.6 is 0 Å². The molecule has 0 unspecified atom stereocenters. The largest absolute Gasteiger partial charge is 0.497 e. The van der Waals surface area contributed by atoms with Gasteiger partial charge in [0.1, 0.15) is 11.5 Å². The highest BCUT2D eigenvalue weighted by atomic mass is 16.5. The molecule has 0 bridgehead atoms. The molecule has 0 spiro atoms. The molecule has 0 fully saturated rings. The Morgan fingerprint density at radius 2 is 1.76 bits per heavy atom. The molecule has 0 aliphatic rings. The second-order valence-corrected chi connectivity index (χ2v) is 3.67. The third kappa shape index (κ3) is 4.34. The van der Waals surface area contributed by atoms with Gasteiger partial charge in [-0.3, -0.25) is 4.79 Å². The van der Waals surface area contributed by atoms with Crippen LogP contribution in [0.1, 0.15) is 18.9 Å². The van der Waals surface area contributed by atoms with Gasteiger partial charge in [0.05, 0.1) is 14.2 Å². The first-order valence-electron chi connectivity index (χ1n) is 5.68. The van der Waals surface area contributed by atoms with Gasteiger partial charge in [0.2, 0.25) is 5.91 Å². The van der Waals surface area contributed by atoms with Crippen molar-refractivity contribution in [1.29, 1.82) is 0 Å². The summed E-state index contributed by atoms with van der Waals surface area (Å²) in [4.78, 5) is 11.4. The summed E-state index contributed by atoms with van der Waals surface area (Å²) in [5, 5.41) is 2.77. The first-order chi connectivity index (χ1) is 8.19. The summed E-state index contributed by atoms with van der Waals surface area (Å²) >= 11 is 0. The number of ether oxygens (including phenoxy) is 2. The SMILES string of the molecule is CCNC(=O)CCc1cc(OC)cc(OC)c1. The lowest BCUT2D eigenvalue weighted by Gasteiger charge is -2.08. The van der Waals surface area contributed by atoms with E-state index in [2.05, 4.69) is 5.32 Å². The quantitative estimate of drug-likeness (QED) is 0.820. The summed E-state index contributed by atoms with van der Waals surface area (Å²) in [6.07, 6.45) is 1.16. The Labute approximate surface area is 102 Å². The number of rotatable bonds is 6. The van der Waals surface area contributed by atoms with Gasteiger partial charge in [-0.05, 0) is 31.0 Å². The first-order valence-corrected chi connectivity index (χ1v) is 5.68. The van der Waals surface area contributed by atoms with E-state index >= 15 is 0 Å². The second-order valence-electron chi connectivity index (χ2n) is 3.67. The molecule has 0 atom stereocenters. The fraction of sp³-hybridized carbons (Fsp3) is 0.462. The van der Waals surface area contributed by atoms with Crippen molar-refractivity contribution in [2.24, 2.45) is 0 Å². The Hall–Kier alpha value is -1.71. The summed E-state index contributed by atoms with van der Waals surface area (Å²) in [5.74, 6) is 1.56. The third-order valence-electron chi connectivity index (χ3n) is 2.43. The Morgan fingerprint density at radius 1 is 1.18 bits per heavy atom. The van der Waals surface area contributed by atoms with Crippen molar-refractivity contribution in [3.05, 3.63) is 23.8 Å². The Morgan fingerprint density at radius 3 is 2.24 bits per heavy atom. The van der Waals surface area contributed by atoms with Crippen molar-refractivity contribution >= 4 is 5.91 Å². The van der Waals surface area contributed by atoms with Crippen molar-refractivity contribution in [1.82, 2.24) is 5.32 Å². The average molecular weight is 237 g/mol. The minimum absolute atomic E-state index is 0.0642. The number of aryl methyl sites for hydroxylation is 1. The minimum atomic E-state index is 0.0642. The second kappa shape index (κ2) is 6.78. The van der Waals surface area contributed by atoms with Crippen LogP contribution in [-0.4, -0.2) is 26.7 Å². The van der Waals surface area contributed by atoms with Crippen LogP contribution in [0.3, 0.4) is 0 Å². The molecule has 4 nitrogen and oxygen atoms in total. The molecule has 94 valence electrons. The molecule has 4 heteroatoms. The van der Waals surface area contributed by atoms with Gasteiger partial charge < -0.3 is 14.8 Å². The highest BCUT2D eigenvalue weighted by Gasteiger charge is 2.04. The van der Waals surface area contributed by atoms with Crippen molar-refractivity contribution in [2.75, 3.05) is 20.8 Å². The number of benzene rings is 1. The van der Waals surface area contributed by atoms with E-state index in [4.69, 9.17) is 9.47 Å². The van der Waals surface area contributed by atoms with Crippen molar-refractivity contribution in [3.8, 4) is 11.5 Å². The van der Waals surface area contributed by atoms with E-state index in [-0.39, 0.29) is 5.91 Å². The molecule has 1 rings (SSSR count). The fourth-order valence-corrected chi connectivity index (χ4v) is 1.55. The van der Waals surface area contributed by atoms with Crippen LogP contribution in [0.15, 0.2) is 18.2 Å². The van der Waals surface area contributed by atoms with E-state index < -0.39 is 0 Å². The molecule has 0 saturated heterocycles. The maximum absolute atomic E-state index is 11.4. The van der Waals surface area contributed by atoms with Gasteiger partial charge in [0.25, 0.3) is 0 Å². The Balaban J connectivity index is 2.66. The van der Waals surface area contributed by atoms with Gasteiger partial charge in [0, 0.05) is 19.0 Å². The van der Waals surface area contributed by atoms with Gasteiger partial charge >= 0.3 is 0 Å². The van der Waals surface area contributed by atoms with Crippen LogP contribution in [0.5, 0.6) is 11.5 Å². The molecular weight excluding hydrogens is 218 g/mol. The van der Waals surface area contributed by atoms with Crippen LogP contribution in [0.2, 0.25) is 0 Å². The van der Waals surface area contributed by atoms with E-state index in [1.54, 1.807) is 14.2 Å². The standard InChI is InChI=1S/C13H19NO3/c1-4-14-13(15)6-5-10-7-11(16-2)9-12(8-10)17-3/h7-9H,4-6H2,1-3H3,(H,14,15). The predicted octanol–water partition coefficient (Wildman–Crippen LogP) is 1.77. The summed E-state index contributed by atoms with van der Waals surface area (Å²) in [6, 6.07) is 5.65. The van der Waals surface area contributed by atoms with E-state index in [0.29, 0.717) is 19.4 Å². The van der Waals surface area contributed by atoms with E-state index in [1.807, 2.05) is 25.1 Å². The van der Waals surface area contributed by atoms with Crippen LogP contribution in [0.25, 0.3) is 0 Å². The normalized spacial score (nSPS) is 9.82. The third-order valence-corrected chi connectivity index (χ3v) is 2.43. The number of carbonyl (C=O) groups is 1. The van der Waals surface area contributed by atoms with Crippen molar-refractivity contribution < 1.29 is 14.3 Å². The molecule has 17 heavy (non-hydrogen) atoms. The molecule has 1 N–H and O–H groups in total. The summed E-state index contributed by atoms with van der Waals surface area (Å²) < 4.78 is 10.3. The molecule has 0 aromatic heterocycles. The first kappa shape index (κ1) is 13.4. The van der Waals surface area contributed by atoms with Crippen LogP contribution in [-0.2, 0) is 11.2 Å². The molecule has 0 aliphatic heterocycles. The van der Waals surface area contributed by atoms with Crippen LogP contribution < -0.4 is 14.8 Å². The predicted molar refractivity (Wildman–Crippen MR) is 66.6 cm³/mol. The summed E-state index contributed by atoms with van der Waals surface area (Å²) in [7, 11) is 3.23. The summed E-state index contributed by atoms with van der Waals surface area (Å²) in [5.41, 5.74) is 1.03. The minimum Gasteiger partial charge on any atom is -0.497 e. The topological polar surface area (TPSA) is 47.6 Å². The number of amides is 1. The zero-order valence-corrected chi connectivity index (χ0v) is 10.6. The number of hydrogen-bond donors (Lipinski definition) is 1. The van der Waals surface area contributed by atoms with Gasteiger partial charge in [-0.15, -0.1) is 0 Å². The lowest BCUT2D eigenvalue weighted by atomic mass is 10.1. The average Bonchev–Trinajstić information content (AvgIpc) is 2.36. The fourth-order valence-electron chi connectivity index (χ4n) is 1.55. The van der Waals surface area contributed by atoms with Crippen molar-refractivity contribution in [3.63, 3.8) is 0 Å². The van der Waals surface area contributed by atoms with Gasteiger partial charge in [0.15, 0.2) is 0 Å². The van der Waals surface area contributed by atoms with Crippen molar-refractivity contribution in [2.45, 2.75) is 19.8 Å². The molecule has 0 saturated carbocycles. The number of methoxy groups -OCH3 is 2. The summed E-state index contributed by atoms with van der Waals surface area (Å²) in [6.45, 7) is 2.58. The van der Waals surface area contributed by atoms with Gasteiger partial charge in [-0.1, -0.05) is 0 Å². The molecular formula is C13H19NO3. The smallest absolute Gasteiger partial charge is 0.220 e. The zero-order chi connectivity index (χ0) is 12.7. The maximum Gasteiger partial charge on any atom is 0.220 e. The van der Waals surface area contributed by atoms with Gasteiger partial charge in [-0.25, -0.2) is 0 Å². The maximum atomic E-state index is 11.4. The Bertz CT molecular complexity index is 355. The molecule has 1 amide bonds. The molecule has 0 aliphatic carbocycles. The highest BCUT2D eigenvalue weighted by Crippen LogP contribution is 2.23. The van der Waals surface area contributed by atoms with Gasteiger partial charge in [-0.2, -0.15) is 0 Å². The number of carbonyl (C=O) groups excluding carboxylic acids is 1. The highest BCUT2D eigenvalue weighted by molar-refractivity contribution is 5.76. The molecule has 0 radical (unpaired) electrons. The number of nitrogens with one attached hydrogen (secondary N) is 1. The van der Waals surface area contributed by atoms with Crippen LogP contribution in [0.4, 0.5) is 0 Å². The lowest BCUT2D eigenvalue weighted by Crippen LogP contribution is -2.22. The Kier molecular flexibility index (Phi) is 5.33. The van der Waals surface area contributed by atoms with Crippen LogP contribution in [0, 0.1) is 0 Å².